The maximum Gasteiger partial charge on any atom is 0.508 e. The van der Waals surface area contributed by atoms with Gasteiger partial charge >= 0.3 is 36.2 Å². The molecule has 16 heteroatoms. The number of rotatable bonds is 77. The SMILES string of the molecule is CCCCCCC(CCCCCC)COC(=O)CCCC(CCCC(=O)OCC(CCCCCC)CCCCCC)OC(=O)OCCN(CCOC(=O)OC(CCCC(=O)OCC(CCCCCC)CCCCCC)CCCC(=O)OCC(CCCCCC)CCCCCC)CCN(CC)CC. The van der Waals surface area contributed by atoms with Crippen LogP contribution in [0.15, 0.2) is 0 Å². The number of unbranched alkanes of at least 4 members (excludes halogenated alkanes) is 24. The lowest BCUT2D eigenvalue weighted by atomic mass is 9.95. The zero-order chi connectivity index (χ0) is 75.0. The van der Waals surface area contributed by atoms with E-state index in [4.69, 9.17) is 37.9 Å². The molecule has 0 spiro atoms. The highest BCUT2D eigenvalue weighted by molar-refractivity contribution is 5.70. The Bertz CT molecular complexity index is 1630. The van der Waals surface area contributed by atoms with Gasteiger partial charge in [0.25, 0.3) is 0 Å². The lowest BCUT2D eigenvalue weighted by Gasteiger charge is -2.26. The largest absolute Gasteiger partial charge is 0.508 e. The van der Waals surface area contributed by atoms with Gasteiger partial charge in [-0.1, -0.05) is 275 Å². The summed E-state index contributed by atoms with van der Waals surface area (Å²) in [5.74, 6) is 0.478. The van der Waals surface area contributed by atoms with Gasteiger partial charge in [-0.3, -0.25) is 24.1 Å². The Morgan fingerprint density at radius 3 is 0.657 bits per heavy atom. The highest BCUT2D eigenvalue weighted by Crippen LogP contribution is 2.26. The summed E-state index contributed by atoms with van der Waals surface area (Å²) in [6, 6.07) is 0. The van der Waals surface area contributed by atoms with Gasteiger partial charge in [0, 0.05) is 51.9 Å². The number of carbonyl (C=O) groups excluding carboxylic acids is 6. The van der Waals surface area contributed by atoms with Gasteiger partial charge in [-0.05, 0) is 139 Å². The van der Waals surface area contributed by atoms with E-state index in [-0.39, 0.29) is 62.8 Å². The van der Waals surface area contributed by atoms with E-state index in [2.05, 4.69) is 79.0 Å². The quantitative estimate of drug-likeness (QED) is 0.0318. The average molecular weight is 1450 g/mol. The van der Waals surface area contributed by atoms with Crippen LogP contribution in [0, 0.1) is 23.7 Å². The summed E-state index contributed by atoms with van der Waals surface area (Å²) in [5, 5.41) is 0. The first-order valence-corrected chi connectivity index (χ1v) is 43.5. The summed E-state index contributed by atoms with van der Waals surface area (Å²) in [6.07, 6.45) is 48.1. The van der Waals surface area contributed by atoms with Crippen molar-refractivity contribution in [3.63, 3.8) is 0 Å². The molecule has 0 bridgehead atoms. The number of esters is 4. The number of hydrogen-bond acceptors (Lipinski definition) is 16. The topological polar surface area (TPSA) is 183 Å². The van der Waals surface area contributed by atoms with E-state index in [9.17, 15) is 28.8 Å². The standard InChI is InChI=1S/C86H164N2O14/c1-11-21-29-37-49-75(50-38-30-22-12-2)71-97-81(89)61-45-57-79(58-46-62-82(90)98-72-76(51-39-31-23-13-3)52-40-32-24-14-4)101-85(93)95-69-67-88(66-65-87(19-9)20-10)68-70-96-86(94)102-80(59-47-63-83(91)99-73-77(53-41-33-25-15-5)54-42-34-26-16-6)60-48-64-84(92)100-74-78(55-43-35-27-17-7)56-44-36-28-18-8/h75-80H,11-74H2,1-10H3. The average Bonchev–Trinajstić information content (AvgIpc) is 1.15. The van der Waals surface area contributed by atoms with Crippen molar-refractivity contribution >= 4 is 36.2 Å². The van der Waals surface area contributed by atoms with Crippen LogP contribution in [0.3, 0.4) is 0 Å². The van der Waals surface area contributed by atoms with Crippen LogP contribution in [-0.2, 0) is 57.1 Å². The third-order valence-electron chi connectivity index (χ3n) is 20.7. The lowest BCUT2D eigenvalue weighted by Crippen LogP contribution is -2.39. The van der Waals surface area contributed by atoms with Crippen LogP contribution in [-0.4, -0.2) is 137 Å². The van der Waals surface area contributed by atoms with Crippen LogP contribution in [0.25, 0.3) is 0 Å². The predicted octanol–water partition coefficient (Wildman–Crippen LogP) is 23.8. The van der Waals surface area contributed by atoms with Crippen LogP contribution in [0.4, 0.5) is 9.59 Å². The van der Waals surface area contributed by atoms with Crippen LogP contribution in [0.5, 0.6) is 0 Å². The van der Waals surface area contributed by atoms with Crippen LogP contribution >= 0.6 is 0 Å². The van der Waals surface area contributed by atoms with Crippen molar-refractivity contribution in [2.24, 2.45) is 23.7 Å². The maximum absolute atomic E-state index is 13.6. The molecule has 0 rings (SSSR count). The first kappa shape index (κ1) is 98.3. The van der Waals surface area contributed by atoms with Crippen LogP contribution in [0.1, 0.15) is 403 Å². The molecule has 0 N–H and O–H groups in total. The fourth-order valence-corrected chi connectivity index (χ4v) is 13.7. The molecule has 0 aromatic heterocycles. The molecule has 0 fully saturated rings. The number of nitrogens with zero attached hydrogens (tertiary/aromatic N) is 2. The highest BCUT2D eigenvalue weighted by atomic mass is 16.7. The Morgan fingerprint density at radius 2 is 0.451 bits per heavy atom. The van der Waals surface area contributed by atoms with Gasteiger partial charge in [0.15, 0.2) is 0 Å². The molecule has 0 heterocycles. The third-order valence-corrected chi connectivity index (χ3v) is 20.7. The Balaban J connectivity index is 6.20. The van der Waals surface area contributed by atoms with E-state index < -0.39 is 24.5 Å². The van der Waals surface area contributed by atoms with E-state index >= 15 is 0 Å². The molecule has 602 valence electrons. The van der Waals surface area contributed by atoms with Crippen LogP contribution < -0.4 is 0 Å². The maximum atomic E-state index is 13.6. The van der Waals surface area contributed by atoms with Crippen molar-refractivity contribution in [2.75, 3.05) is 78.9 Å². The molecule has 0 radical (unpaired) electrons. The predicted molar refractivity (Wildman–Crippen MR) is 420 cm³/mol. The zero-order valence-corrected chi connectivity index (χ0v) is 68.3. The molecule has 0 saturated carbocycles. The molecular formula is C86H164N2O14. The summed E-state index contributed by atoms with van der Waals surface area (Å²) < 4.78 is 47.2. The summed E-state index contributed by atoms with van der Waals surface area (Å²) in [6.45, 7) is 27.6. The van der Waals surface area contributed by atoms with Gasteiger partial charge in [0.05, 0.1) is 26.4 Å². The molecule has 0 saturated heterocycles. The van der Waals surface area contributed by atoms with E-state index in [0.29, 0.717) is 121 Å². The minimum Gasteiger partial charge on any atom is -0.465 e. The van der Waals surface area contributed by atoms with E-state index in [1.165, 1.54) is 154 Å². The molecule has 0 atom stereocenters. The van der Waals surface area contributed by atoms with Gasteiger partial charge in [-0.2, -0.15) is 0 Å². The van der Waals surface area contributed by atoms with Crippen molar-refractivity contribution in [1.82, 2.24) is 9.80 Å². The second kappa shape index (κ2) is 74.2. The first-order chi connectivity index (χ1) is 49.7. The number of carbonyl (C=O) groups is 6. The normalized spacial score (nSPS) is 11.7. The van der Waals surface area contributed by atoms with Gasteiger partial charge in [-0.15, -0.1) is 0 Å². The molecular weight excluding hydrogens is 1280 g/mol. The van der Waals surface area contributed by atoms with Crippen molar-refractivity contribution < 1.29 is 66.7 Å². The monoisotopic (exact) mass is 1450 g/mol. The van der Waals surface area contributed by atoms with E-state index in [0.717, 1.165) is 122 Å². The molecule has 0 unspecified atom stereocenters. The Hall–Kier alpha value is -3.66. The summed E-state index contributed by atoms with van der Waals surface area (Å²) in [7, 11) is 0. The van der Waals surface area contributed by atoms with Gasteiger partial charge in [-0.25, -0.2) is 9.59 Å². The van der Waals surface area contributed by atoms with Crippen molar-refractivity contribution in [3.8, 4) is 0 Å². The van der Waals surface area contributed by atoms with E-state index in [1.807, 2.05) is 0 Å². The molecule has 0 aliphatic heterocycles. The summed E-state index contributed by atoms with van der Waals surface area (Å²) in [5.41, 5.74) is 0. The number of ether oxygens (including phenoxy) is 8. The Kier molecular flexibility index (Phi) is 71.5. The fourth-order valence-electron chi connectivity index (χ4n) is 13.7. The van der Waals surface area contributed by atoms with Crippen molar-refractivity contribution in [2.45, 2.75) is 415 Å². The van der Waals surface area contributed by atoms with Gasteiger partial charge in [0.1, 0.15) is 25.4 Å². The number of likely N-dealkylation sites (N-methyl/N-ethyl adjacent to an activating group) is 1. The molecule has 0 aliphatic carbocycles. The Labute approximate surface area is 627 Å². The molecule has 0 aliphatic rings. The molecule has 16 nitrogen and oxygen atoms in total. The second-order valence-corrected chi connectivity index (χ2v) is 30.1. The van der Waals surface area contributed by atoms with Gasteiger partial charge in [0.2, 0.25) is 0 Å². The third kappa shape index (κ3) is 63.6. The molecule has 0 amide bonds. The highest BCUT2D eigenvalue weighted by Gasteiger charge is 2.23. The lowest BCUT2D eigenvalue weighted by molar-refractivity contribution is -0.146. The van der Waals surface area contributed by atoms with Crippen LogP contribution in [0.2, 0.25) is 0 Å². The molecule has 0 aromatic rings. The fraction of sp³-hybridized carbons (Fsp3) is 0.930. The number of hydrogen-bond donors (Lipinski definition) is 0. The minimum atomic E-state index is -0.816. The van der Waals surface area contributed by atoms with E-state index in [1.54, 1.807) is 0 Å². The minimum absolute atomic E-state index is 0.0209. The zero-order valence-electron chi connectivity index (χ0n) is 68.3. The molecule has 0 aromatic carbocycles. The summed E-state index contributed by atoms with van der Waals surface area (Å²) in [4.78, 5) is 84.7. The summed E-state index contributed by atoms with van der Waals surface area (Å²) >= 11 is 0. The van der Waals surface area contributed by atoms with Crippen molar-refractivity contribution in [1.29, 1.82) is 0 Å². The smallest absolute Gasteiger partial charge is 0.465 e. The van der Waals surface area contributed by atoms with Gasteiger partial charge < -0.3 is 42.8 Å². The second-order valence-electron chi connectivity index (χ2n) is 30.1. The Morgan fingerprint density at radius 1 is 0.235 bits per heavy atom. The molecule has 102 heavy (non-hydrogen) atoms. The first-order valence-electron chi connectivity index (χ1n) is 43.5. The van der Waals surface area contributed by atoms with Crippen molar-refractivity contribution in [3.05, 3.63) is 0 Å².